The second kappa shape index (κ2) is 8.00. The lowest BCUT2D eigenvalue weighted by atomic mass is 10.1. The van der Waals surface area contributed by atoms with E-state index in [1.165, 1.54) is 0 Å². The molecule has 1 rings (SSSR count). The number of rotatable bonds is 7. The van der Waals surface area contributed by atoms with E-state index in [1.54, 1.807) is 6.92 Å². The molecule has 22 heavy (non-hydrogen) atoms. The van der Waals surface area contributed by atoms with Gasteiger partial charge in [0.05, 0.1) is 11.3 Å². The number of hydrogen-bond acceptors (Lipinski definition) is 2. The molecule has 0 radical (unpaired) electrons. The number of carbonyl (C=O) groups is 1. The van der Waals surface area contributed by atoms with Crippen molar-refractivity contribution in [1.82, 2.24) is 5.32 Å². The average Bonchev–Trinajstić information content (AvgIpc) is 2.39. The van der Waals surface area contributed by atoms with Gasteiger partial charge in [0.25, 0.3) is 5.91 Å². The lowest BCUT2D eigenvalue weighted by Crippen LogP contribution is -2.36. The predicted octanol–water partition coefficient (Wildman–Crippen LogP) is 3.81. The normalized spacial score (nSPS) is 12.6. The van der Waals surface area contributed by atoms with Crippen molar-refractivity contribution in [3.63, 3.8) is 0 Å². The topological polar surface area (TPSA) is 41.1 Å². The van der Waals surface area contributed by atoms with Crippen LogP contribution in [0.1, 0.15) is 37.6 Å². The van der Waals surface area contributed by atoms with Gasteiger partial charge in [-0.1, -0.05) is 13.8 Å². The second-order valence-corrected chi connectivity index (χ2v) is 5.42. The van der Waals surface area contributed by atoms with Gasteiger partial charge >= 0.3 is 0 Å². The largest absolute Gasteiger partial charge is 0.382 e. The molecule has 1 atom stereocenters. The summed E-state index contributed by atoms with van der Waals surface area (Å²) in [5, 5.41) is 5.07. The smallest absolute Gasteiger partial charge is 0.253 e. The van der Waals surface area contributed by atoms with E-state index in [9.17, 15) is 22.4 Å². The minimum absolute atomic E-state index is 0.137. The van der Waals surface area contributed by atoms with E-state index in [0.717, 1.165) is 6.07 Å². The number of hydrogen-bond donors (Lipinski definition) is 2. The molecule has 1 aromatic carbocycles. The van der Waals surface area contributed by atoms with E-state index >= 15 is 0 Å². The Kier molecular flexibility index (Phi) is 6.64. The highest BCUT2D eigenvalue weighted by Gasteiger charge is 2.20. The minimum atomic E-state index is -2.55. The summed E-state index contributed by atoms with van der Waals surface area (Å²) in [6, 6.07) is 1.29. The van der Waals surface area contributed by atoms with Crippen LogP contribution in [0.25, 0.3) is 0 Å². The molecule has 0 aliphatic carbocycles. The monoisotopic (exact) mass is 320 g/mol. The van der Waals surface area contributed by atoms with E-state index < -0.39 is 30.4 Å². The van der Waals surface area contributed by atoms with Crippen molar-refractivity contribution in [2.45, 2.75) is 39.7 Å². The zero-order chi connectivity index (χ0) is 16.9. The molecule has 0 bridgehead atoms. The zero-order valence-corrected chi connectivity index (χ0v) is 12.7. The molecule has 0 fully saturated rings. The van der Waals surface area contributed by atoms with Gasteiger partial charge in [-0.2, -0.15) is 0 Å². The number of nitrogens with one attached hydrogen (secondary N) is 2. The molecule has 2 N–H and O–H groups in total. The molecular formula is C15H20F4N2O. The van der Waals surface area contributed by atoms with Crippen molar-refractivity contribution in [3.8, 4) is 0 Å². The van der Waals surface area contributed by atoms with E-state index in [0.29, 0.717) is 6.07 Å². The van der Waals surface area contributed by atoms with Crippen LogP contribution in [0, 0.1) is 17.6 Å². The number of amides is 1. The molecule has 0 heterocycles. The fourth-order valence-corrected chi connectivity index (χ4v) is 1.69. The first-order valence-corrected chi connectivity index (χ1v) is 7.04. The Morgan fingerprint density at radius 1 is 1.18 bits per heavy atom. The van der Waals surface area contributed by atoms with Crippen LogP contribution < -0.4 is 10.6 Å². The Balaban J connectivity index is 2.98. The molecule has 1 amide bonds. The average molecular weight is 320 g/mol. The Morgan fingerprint density at radius 3 is 2.36 bits per heavy atom. The maximum absolute atomic E-state index is 13.8. The van der Waals surface area contributed by atoms with E-state index in [1.807, 2.05) is 13.8 Å². The third-order valence-corrected chi connectivity index (χ3v) is 3.32. The molecule has 124 valence electrons. The van der Waals surface area contributed by atoms with Crippen LogP contribution in [-0.4, -0.2) is 24.9 Å². The van der Waals surface area contributed by atoms with Gasteiger partial charge in [-0.05, 0) is 18.9 Å². The van der Waals surface area contributed by atoms with Crippen molar-refractivity contribution in [1.29, 1.82) is 0 Å². The van der Waals surface area contributed by atoms with Crippen LogP contribution in [0.3, 0.4) is 0 Å². The summed E-state index contributed by atoms with van der Waals surface area (Å²) in [6.45, 7) is 5.32. The number of carbonyl (C=O) groups excluding carboxylic acids is 1. The summed E-state index contributed by atoms with van der Waals surface area (Å²) < 4.78 is 51.5. The molecule has 1 unspecified atom stereocenters. The van der Waals surface area contributed by atoms with Gasteiger partial charge in [0, 0.05) is 25.1 Å². The highest BCUT2D eigenvalue weighted by Crippen LogP contribution is 2.22. The third kappa shape index (κ3) is 5.20. The number of anilines is 1. The molecular weight excluding hydrogens is 300 g/mol. The van der Waals surface area contributed by atoms with Gasteiger partial charge in [-0.15, -0.1) is 0 Å². The fourth-order valence-electron chi connectivity index (χ4n) is 1.69. The summed E-state index contributed by atoms with van der Waals surface area (Å²) >= 11 is 0. The maximum atomic E-state index is 13.8. The van der Waals surface area contributed by atoms with Crippen LogP contribution in [0.15, 0.2) is 12.1 Å². The van der Waals surface area contributed by atoms with Crippen molar-refractivity contribution in [2.75, 3.05) is 11.9 Å². The van der Waals surface area contributed by atoms with Gasteiger partial charge in [0.2, 0.25) is 6.43 Å². The van der Waals surface area contributed by atoms with Crippen LogP contribution in [0.5, 0.6) is 0 Å². The molecule has 0 aliphatic heterocycles. The molecule has 0 aliphatic rings. The van der Waals surface area contributed by atoms with Crippen LogP contribution >= 0.6 is 0 Å². The standard InChI is InChI=1S/C15H20F4N2O/c1-8(2)9(3)21-15(22)11-6-10(16)7-12(17)14(11)20-5-4-13(18)19/h6-9,13,20H,4-5H2,1-3H3,(H,21,22). The molecule has 0 saturated carbocycles. The maximum Gasteiger partial charge on any atom is 0.253 e. The lowest BCUT2D eigenvalue weighted by molar-refractivity contribution is 0.0930. The first kappa shape index (κ1) is 18.3. The predicted molar refractivity (Wildman–Crippen MR) is 77.2 cm³/mol. The van der Waals surface area contributed by atoms with E-state index in [2.05, 4.69) is 10.6 Å². The van der Waals surface area contributed by atoms with E-state index in [-0.39, 0.29) is 29.8 Å². The molecule has 7 heteroatoms. The van der Waals surface area contributed by atoms with Crippen molar-refractivity contribution in [3.05, 3.63) is 29.3 Å². The number of benzene rings is 1. The first-order chi connectivity index (χ1) is 10.2. The highest BCUT2D eigenvalue weighted by molar-refractivity contribution is 5.99. The van der Waals surface area contributed by atoms with Gasteiger partial charge < -0.3 is 10.6 Å². The molecule has 0 spiro atoms. The molecule has 0 aromatic heterocycles. The van der Waals surface area contributed by atoms with Crippen molar-refractivity contribution >= 4 is 11.6 Å². The van der Waals surface area contributed by atoms with Crippen LogP contribution in [0.2, 0.25) is 0 Å². The van der Waals surface area contributed by atoms with Crippen molar-refractivity contribution < 1.29 is 22.4 Å². The zero-order valence-electron chi connectivity index (χ0n) is 12.7. The van der Waals surface area contributed by atoms with Gasteiger partial charge in [0.1, 0.15) is 11.6 Å². The minimum Gasteiger partial charge on any atom is -0.382 e. The summed E-state index contributed by atoms with van der Waals surface area (Å²) in [7, 11) is 0. The quantitative estimate of drug-likeness (QED) is 0.750. The Morgan fingerprint density at radius 2 is 1.82 bits per heavy atom. The van der Waals surface area contributed by atoms with Crippen LogP contribution in [-0.2, 0) is 0 Å². The first-order valence-electron chi connectivity index (χ1n) is 7.04. The summed E-state index contributed by atoms with van der Waals surface area (Å²) in [4.78, 5) is 12.1. The Hall–Kier alpha value is -1.79. The Labute approximate surface area is 127 Å². The van der Waals surface area contributed by atoms with Crippen molar-refractivity contribution in [2.24, 2.45) is 5.92 Å². The highest BCUT2D eigenvalue weighted by atomic mass is 19.3. The molecule has 1 aromatic rings. The fraction of sp³-hybridized carbons (Fsp3) is 0.533. The summed E-state index contributed by atoms with van der Waals surface area (Å²) in [5.41, 5.74) is -0.505. The second-order valence-electron chi connectivity index (χ2n) is 5.42. The van der Waals surface area contributed by atoms with Gasteiger partial charge in [-0.3, -0.25) is 4.79 Å². The number of halogens is 4. The molecule has 3 nitrogen and oxygen atoms in total. The summed E-state index contributed by atoms with van der Waals surface area (Å²) in [5.74, 6) is -2.41. The van der Waals surface area contributed by atoms with E-state index in [4.69, 9.17) is 0 Å². The van der Waals surface area contributed by atoms with Gasteiger partial charge in [0.15, 0.2) is 0 Å². The molecule has 0 saturated heterocycles. The Bertz CT molecular complexity index is 521. The van der Waals surface area contributed by atoms with Crippen LogP contribution in [0.4, 0.5) is 23.2 Å². The summed E-state index contributed by atoms with van der Waals surface area (Å²) in [6.07, 6.45) is -3.05. The SMILES string of the molecule is CC(C)C(C)NC(=O)c1cc(F)cc(F)c1NCCC(F)F. The lowest BCUT2D eigenvalue weighted by Gasteiger charge is -2.19. The van der Waals surface area contributed by atoms with Gasteiger partial charge in [-0.25, -0.2) is 17.6 Å². The third-order valence-electron chi connectivity index (χ3n) is 3.32. The number of alkyl halides is 2.